The van der Waals surface area contributed by atoms with Crippen LogP contribution in [0.2, 0.25) is 0 Å². The van der Waals surface area contributed by atoms with Gasteiger partial charge in [-0.05, 0) is 93.8 Å². The van der Waals surface area contributed by atoms with Crippen LogP contribution in [-0.2, 0) is 9.31 Å². The molecular weight excluding hydrogens is 475 g/mol. The van der Waals surface area contributed by atoms with Gasteiger partial charge in [0.15, 0.2) is 0 Å². The molecule has 190 valence electrons. The minimum absolute atomic E-state index is 0.380. The molecule has 0 aliphatic carbocycles. The largest absolute Gasteiger partial charge is 0.494 e. The summed E-state index contributed by atoms with van der Waals surface area (Å²) in [5.41, 5.74) is 5.20. The normalized spacial score (nSPS) is 16.4. The molecule has 0 saturated carbocycles. The van der Waals surface area contributed by atoms with Gasteiger partial charge in [-0.3, -0.25) is 0 Å². The van der Waals surface area contributed by atoms with Gasteiger partial charge in [0.05, 0.1) is 11.2 Å². The highest BCUT2D eigenvalue weighted by molar-refractivity contribution is 6.62. The maximum absolute atomic E-state index is 6.41. The molecule has 6 aromatic rings. The number of hydrogen-bond acceptors (Lipinski definition) is 2. The van der Waals surface area contributed by atoms with Crippen LogP contribution in [0.15, 0.2) is 115 Å². The molecule has 0 spiro atoms. The Morgan fingerprint density at radius 2 is 0.949 bits per heavy atom. The monoisotopic (exact) mass is 506 g/mol. The van der Waals surface area contributed by atoms with Crippen molar-refractivity contribution in [2.75, 3.05) is 0 Å². The van der Waals surface area contributed by atoms with Crippen molar-refractivity contribution in [3.63, 3.8) is 0 Å². The Bertz CT molecular complexity index is 1810. The molecule has 0 unspecified atom stereocenters. The third-order valence-corrected chi connectivity index (χ3v) is 8.67. The van der Waals surface area contributed by atoms with Gasteiger partial charge in [0.1, 0.15) is 0 Å². The lowest BCUT2D eigenvalue weighted by Crippen LogP contribution is -2.41. The fourth-order valence-corrected chi connectivity index (χ4v) is 5.92. The van der Waals surface area contributed by atoms with E-state index in [1.807, 2.05) is 0 Å². The summed E-state index contributed by atoms with van der Waals surface area (Å²) in [6.07, 6.45) is 0. The van der Waals surface area contributed by atoms with Crippen molar-refractivity contribution in [3.8, 4) is 22.3 Å². The predicted octanol–water partition coefficient (Wildman–Crippen LogP) is 8.78. The Hall–Kier alpha value is -3.92. The van der Waals surface area contributed by atoms with E-state index in [1.54, 1.807) is 0 Å². The first-order valence-corrected chi connectivity index (χ1v) is 13.7. The van der Waals surface area contributed by atoms with Gasteiger partial charge in [-0.25, -0.2) is 0 Å². The van der Waals surface area contributed by atoms with Crippen LogP contribution < -0.4 is 5.46 Å². The smallest absolute Gasteiger partial charge is 0.399 e. The summed E-state index contributed by atoms with van der Waals surface area (Å²) >= 11 is 0. The van der Waals surface area contributed by atoms with Crippen LogP contribution in [0.4, 0.5) is 0 Å². The quantitative estimate of drug-likeness (QED) is 0.176. The van der Waals surface area contributed by atoms with E-state index in [-0.39, 0.29) is 11.2 Å². The molecule has 39 heavy (non-hydrogen) atoms. The van der Waals surface area contributed by atoms with E-state index in [0.717, 1.165) is 5.46 Å². The number of fused-ring (bicyclic) bond motifs is 3. The molecule has 1 aliphatic heterocycles. The summed E-state index contributed by atoms with van der Waals surface area (Å²) in [5.74, 6) is 0. The number of benzene rings is 6. The molecule has 0 N–H and O–H groups in total. The van der Waals surface area contributed by atoms with E-state index in [4.69, 9.17) is 9.31 Å². The van der Waals surface area contributed by atoms with Gasteiger partial charge in [-0.15, -0.1) is 0 Å². The van der Waals surface area contributed by atoms with E-state index in [0.29, 0.717) is 0 Å². The molecule has 7 rings (SSSR count). The Kier molecular flexibility index (Phi) is 5.45. The molecule has 6 aromatic carbocycles. The lowest BCUT2D eigenvalue weighted by molar-refractivity contribution is 0.00578. The Balaban J connectivity index is 1.47. The van der Waals surface area contributed by atoms with Crippen molar-refractivity contribution in [2.24, 2.45) is 0 Å². The standard InChI is InChI=1S/C36H31BO2/c1-35(2)36(3,4)39-37(38-35)28-15-11-14-26(23-28)33-29-16-7-9-18-31(29)34(32-19-10-8-17-30(32)33)27-21-20-24-12-5-6-13-25(24)22-27/h5-23H,1-4H3. The van der Waals surface area contributed by atoms with Crippen LogP contribution in [0.1, 0.15) is 27.7 Å². The maximum atomic E-state index is 6.41. The minimum Gasteiger partial charge on any atom is -0.399 e. The van der Waals surface area contributed by atoms with Crippen LogP contribution in [0.5, 0.6) is 0 Å². The van der Waals surface area contributed by atoms with Gasteiger partial charge in [0.2, 0.25) is 0 Å². The molecule has 1 aliphatic rings. The molecule has 1 heterocycles. The van der Waals surface area contributed by atoms with E-state index in [9.17, 15) is 0 Å². The second kappa shape index (κ2) is 8.81. The predicted molar refractivity (Wildman–Crippen MR) is 166 cm³/mol. The Morgan fingerprint density at radius 1 is 0.462 bits per heavy atom. The summed E-state index contributed by atoms with van der Waals surface area (Å²) in [5, 5.41) is 7.49. The summed E-state index contributed by atoms with van der Waals surface area (Å²) < 4.78 is 12.8. The fraction of sp³-hybridized carbons (Fsp3) is 0.167. The highest BCUT2D eigenvalue weighted by Gasteiger charge is 2.51. The van der Waals surface area contributed by atoms with Gasteiger partial charge in [-0.2, -0.15) is 0 Å². The highest BCUT2D eigenvalue weighted by Crippen LogP contribution is 2.44. The molecule has 2 nitrogen and oxygen atoms in total. The van der Waals surface area contributed by atoms with Gasteiger partial charge in [0, 0.05) is 0 Å². The molecule has 0 aromatic heterocycles. The van der Waals surface area contributed by atoms with E-state index < -0.39 is 7.12 Å². The molecule has 1 saturated heterocycles. The van der Waals surface area contributed by atoms with Crippen molar-refractivity contribution in [1.82, 2.24) is 0 Å². The average molecular weight is 506 g/mol. The van der Waals surface area contributed by atoms with Crippen LogP contribution in [0.3, 0.4) is 0 Å². The lowest BCUT2D eigenvalue weighted by Gasteiger charge is -2.32. The van der Waals surface area contributed by atoms with Gasteiger partial charge in [0.25, 0.3) is 0 Å². The van der Waals surface area contributed by atoms with Crippen LogP contribution in [-0.4, -0.2) is 18.3 Å². The second-order valence-corrected chi connectivity index (χ2v) is 11.6. The Morgan fingerprint density at radius 3 is 1.51 bits per heavy atom. The molecule has 0 bridgehead atoms. The van der Waals surface area contributed by atoms with Gasteiger partial charge < -0.3 is 9.31 Å². The first-order valence-electron chi connectivity index (χ1n) is 13.7. The van der Waals surface area contributed by atoms with Crippen LogP contribution in [0.25, 0.3) is 54.6 Å². The van der Waals surface area contributed by atoms with E-state index in [1.165, 1.54) is 54.6 Å². The molecule has 0 amide bonds. The summed E-state index contributed by atoms with van der Waals surface area (Å²) in [4.78, 5) is 0. The molecular formula is C36H31BO2. The van der Waals surface area contributed by atoms with Crippen LogP contribution in [0, 0.1) is 0 Å². The molecule has 0 radical (unpaired) electrons. The highest BCUT2D eigenvalue weighted by atomic mass is 16.7. The third kappa shape index (κ3) is 3.88. The van der Waals surface area contributed by atoms with Crippen molar-refractivity contribution < 1.29 is 9.31 Å². The molecule has 3 heteroatoms. The fourth-order valence-electron chi connectivity index (χ4n) is 5.92. The third-order valence-electron chi connectivity index (χ3n) is 8.67. The SMILES string of the molecule is CC1(C)OB(c2cccc(-c3c4ccccc4c(-c4ccc5ccccc5c4)c4ccccc34)c2)OC1(C)C. The van der Waals surface area contributed by atoms with E-state index in [2.05, 4.69) is 143 Å². The summed E-state index contributed by atoms with van der Waals surface area (Å²) in [6.45, 7) is 8.40. The summed E-state index contributed by atoms with van der Waals surface area (Å²) in [7, 11) is -0.399. The van der Waals surface area contributed by atoms with Gasteiger partial charge >= 0.3 is 7.12 Å². The topological polar surface area (TPSA) is 18.5 Å². The van der Waals surface area contributed by atoms with Crippen molar-refractivity contribution in [2.45, 2.75) is 38.9 Å². The first-order chi connectivity index (χ1) is 18.8. The van der Waals surface area contributed by atoms with Crippen LogP contribution >= 0.6 is 0 Å². The molecule has 1 fully saturated rings. The molecule has 0 atom stereocenters. The van der Waals surface area contributed by atoms with E-state index >= 15 is 0 Å². The Labute approximate surface area is 230 Å². The summed E-state index contributed by atoms with van der Waals surface area (Å²) in [6, 6.07) is 41.7. The zero-order valence-corrected chi connectivity index (χ0v) is 22.9. The zero-order valence-electron chi connectivity index (χ0n) is 22.9. The zero-order chi connectivity index (χ0) is 26.8. The maximum Gasteiger partial charge on any atom is 0.494 e. The first kappa shape index (κ1) is 24.1. The van der Waals surface area contributed by atoms with Gasteiger partial charge in [-0.1, -0.05) is 109 Å². The minimum atomic E-state index is -0.399. The van der Waals surface area contributed by atoms with Crippen molar-refractivity contribution in [1.29, 1.82) is 0 Å². The average Bonchev–Trinajstić information content (AvgIpc) is 3.17. The lowest BCUT2D eigenvalue weighted by atomic mass is 9.77. The number of rotatable bonds is 3. The number of hydrogen-bond donors (Lipinski definition) is 0. The van der Waals surface area contributed by atoms with Crippen molar-refractivity contribution in [3.05, 3.63) is 115 Å². The second-order valence-electron chi connectivity index (χ2n) is 11.6. The van der Waals surface area contributed by atoms with Crippen molar-refractivity contribution >= 4 is 44.9 Å².